The minimum absolute atomic E-state index is 0.00379. The summed E-state index contributed by atoms with van der Waals surface area (Å²) in [5, 5.41) is 9.51. The van der Waals surface area contributed by atoms with Gasteiger partial charge in [0.05, 0.1) is 6.61 Å². The van der Waals surface area contributed by atoms with Crippen molar-refractivity contribution in [1.82, 2.24) is 4.90 Å². The summed E-state index contributed by atoms with van der Waals surface area (Å²) in [7, 11) is 0. The molecule has 0 aromatic heterocycles. The van der Waals surface area contributed by atoms with Crippen molar-refractivity contribution >= 4 is 11.9 Å². The Morgan fingerprint density at radius 2 is 0.822 bits per heavy atom. The van der Waals surface area contributed by atoms with Crippen molar-refractivity contribution < 1.29 is 24.2 Å². The molecule has 45 heavy (non-hydrogen) atoms. The van der Waals surface area contributed by atoms with E-state index in [1.807, 2.05) is 0 Å². The molecular weight excluding hydrogens is 562 g/mol. The standard InChI is InChI=1S/C39H77NO5/c1-5-9-19-27-36(26-12-8-4)44-38(42)30-22-15-13-17-24-32-40(34-35-41)33-25-18-14-16-23-31-39(43)45-37(28-20-10-6-2)29-21-11-7-3/h36-37,41H,5-35H2,1-4H3. The average Bonchev–Trinajstić information content (AvgIpc) is 3.02. The summed E-state index contributed by atoms with van der Waals surface area (Å²) in [5.41, 5.74) is 0. The lowest BCUT2D eigenvalue weighted by molar-refractivity contribution is -0.151. The third kappa shape index (κ3) is 30.0. The second-order valence-corrected chi connectivity index (χ2v) is 13.5. The molecule has 0 saturated carbocycles. The Balaban J connectivity index is 3.97. The van der Waals surface area contributed by atoms with Crippen LogP contribution < -0.4 is 0 Å². The number of hydrogen-bond acceptors (Lipinski definition) is 6. The highest BCUT2D eigenvalue weighted by atomic mass is 16.5. The molecule has 0 aliphatic heterocycles. The summed E-state index contributed by atoms with van der Waals surface area (Å²) in [6.45, 7) is 11.8. The van der Waals surface area contributed by atoms with Gasteiger partial charge in [-0.25, -0.2) is 0 Å². The number of nitrogens with zero attached hydrogens (tertiary/aromatic N) is 1. The van der Waals surface area contributed by atoms with Crippen LogP contribution in [-0.2, 0) is 19.1 Å². The number of aliphatic hydroxyl groups is 1. The zero-order valence-corrected chi connectivity index (χ0v) is 30.6. The second-order valence-electron chi connectivity index (χ2n) is 13.5. The molecular formula is C39H77NO5. The van der Waals surface area contributed by atoms with Gasteiger partial charge >= 0.3 is 11.9 Å². The molecule has 0 rings (SSSR count). The van der Waals surface area contributed by atoms with E-state index in [0.29, 0.717) is 12.8 Å². The lowest BCUT2D eigenvalue weighted by Gasteiger charge is -2.21. The molecule has 0 fully saturated rings. The maximum absolute atomic E-state index is 12.4. The second kappa shape index (κ2) is 34.2. The first kappa shape index (κ1) is 43.9. The highest BCUT2D eigenvalue weighted by Gasteiger charge is 2.15. The van der Waals surface area contributed by atoms with E-state index in [9.17, 15) is 14.7 Å². The lowest BCUT2D eigenvalue weighted by atomic mass is 10.0. The van der Waals surface area contributed by atoms with Crippen LogP contribution in [0.15, 0.2) is 0 Å². The summed E-state index contributed by atoms with van der Waals surface area (Å²) in [6.07, 6.45) is 29.3. The molecule has 0 spiro atoms. The molecule has 6 nitrogen and oxygen atoms in total. The number of ether oxygens (including phenoxy) is 2. The molecule has 0 aliphatic carbocycles. The van der Waals surface area contributed by atoms with E-state index < -0.39 is 0 Å². The molecule has 0 aliphatic rings. The molecule has 0 aromatic carbocycles. The van der Waals surface area contributed by atoms with Gasteiger partial charge < -0.3 is 19.5 Å². The number of hydrogen-bond donors (Lipinski definition) is 1. The largest absolute Gasteiger partial charge is 0.462 e. The van der Waals surface area contributed by atoms with Crippen LogP contribution >= 0.6 is 0 Å². The van der Waals surface area contributed by atoms with E-state index in [2.05, 4.69) is 32.6 Å². The first-order chi connectivity index (χ1) is 22.0. The average molecular weight is 640 g/mol. The molecule has 1 N–H and O–H groups in total. The molecule has 0 heterocycles. The van der Waals surface area contributed by atoms with Gasteiger partial charge in [0.25, 0.3) is 0 Å². The smallest absolute Gasteiger partial charge is 0.306 e. The van der Waals surface area contributed by atoms with E-state index in [1.165, 1.54) is 51.4 Å². The van der Waals surface area contributed by atoms with Crippen molar-refractivity contribution in [3.05, 3.63) is 0 Å². The summed E-state index contributed by atoms with van der Waals surface area (Å²) >= 11 is 0. The zero-order valence-electron chi connectivity index (χ0n) is 30.6. The minimum atomic E-state index is -0.00842. The number of unbranched alkanes of at least 4 members (excludes halogenated alkanes) is 15. The van der Waals surface area contributed by atoms with Gasteiger partial charge in [0.15, 0.2) is 0 Å². The lowest BCUT2D eigenvalue weighted by Crippen LogP contribution is -2.29. The molecule has 6 heteroatoms. The Kier molecular flexibility index (Phi) is 33.3. The van der Waals surface area contributed by atoms with E-state index in [-0.39, 0.29) is 30.8 Å². The van der Waals surface area contributed by atoms with Crippen LogP contribution in [0, 0.1) is 0 Å². The van der Waals surface area contributed by atoms with Crippen molar-refractivity contribution in [2.45, 2.75) is 213 Å². The van der Waals surface area contributed by atoms with Crippen molar-refractivity contribution in [3.8, 4) is 0 Å². The van der Waals surface area contributed by atoms with E-state index >= 15 is 0 Å². The topological polar surface area (TPSA) is 76.1 Å². The number of esters is 2. The summed E-state index contributed by atoms with van der Waals surface area (Å²) in [4.78, 5) is 27.2. The van der Waals surface area contributed by atoms with Gasteiger partial charge in [-0.2, -0.15) is 0 Å². The summed E-state index contributed by atoms with van der Waals surface area (Å²) in [5.74, 6) is -0.0122. The monoisotopic (exact) mass is 640 g/mol. The predicted octanol–water partition coefficient (Wildman–Crippen LogP) is 10.7. The Labute approximate surface area is 280 Å². The van der Waals surface area contributed by atoms with Crippen molar-refractivity contribution in [2.75, 3.05) is 26.2 Å². The first-order valence-corrected chi connectivity index (χ1v) is 19.7. The fourth-order valence-corrected chi connectivity index (χ4v) is 6.06. The normalized spacial score (nSPS) is 12.2. The van der Waals surface area contributed by atoms with Crippen LogP contribution in [0.2, 0.25) is 0 Å². The molecule has 0 aromatic rings. The molecule has 1 atom stereocenters. The summed E-state index contributed by atoms with van der Waals surface area (Å²) in [6, 6.07) is 0. The van der Waals surface area contributed by atoms with Crippen LogP contribution in [-0.4, -0.2) is 60.4 Å². The van der Waals surface area contributed by atoms with Gasteiger partial charge in [0, 0.05) is 19.4 Å². The highest BCUT2D eigenvalue weighted by molar-refractivity contribution is 5.69. The van der Waals surface area contributed by atoms with Gasteiger partial charge in [-0.1, -0.05) is 118 Å². The molecule has 268 valence electrons. The fraction of sp³-hybridized carbons (Fsp3) is 0.949. The maximum Gasteiger partial charge on any atom is 0.306 e. The minimum Gasteiger partial charge on any atom is -0.462 e. The maximum atomic E-state index is 12.4. The highest BCUT2D eigenvalue weighted by Crippen LogP contribution is 2.18. The van der Waals surface area contributed by atoms with Gasteiger partial charge in [0.1, 0.15) is 12.2 Å². The van der Waals surface area contributed by atoms with Crippen LogP contribution in [0.25, 0.3) is 0 Å². The Morgan fingerprint density at radius 3 is 1.20 bits per heavy atom. The SMILES string of the molecule is CCCCCC(CCCC)OC(=O)CCCCCCCN(CCO)CCCCCCCC(=O)OC(CCCCC)CCCCC. The Morgan fingerprint density at radius 1 is 0.467 bits per heavy atom. The number of carbonyl (C=O) groups is 2. The van der Waals surface area contributed by atoms with Crippen molar-refractivity contribution in [1.29, 1.82) is 0 Å². The molecule has 0 radical (unpaired) electrons. The van der Waals surface area contributed by atoms with Gasteiger partial charge in [-0.3, -0.25) is 9.59 Å². The zero-order chi connectivity index (χ0) is 33.2. The van der Waals surface area contributed by atoms with E-state index in [4.69, 9.17) is 9.47 Å². The van der Waals surface area contributed by atoms with Crippen LogP contribution in [0.1, 0.15) is 201 Å². The fourth-order valence-electron chi connectivity index (χ4n) is 6.06. The Hall–Kier alpha value is -1.14. The molecule has 0 bridgehead atoms. The van der Waals surface area contributed by atoms with Crippen molar-refractivity contribution in [2.24, 2.45) is 0 Å². The van der Waals surface area contributed by atoms with Gasteiger partial charge in [-0.15, -0.1) is 0 Å². The Bertz CT molecular complexity index is 633. The van der Waals surface area contributed by atoms with Gasteiger partial charge in [-0.05, 0) is 83.7 Å². The third-order valence-corrected chi connectivity index (χ3v) is 8.99. The predicted molar refractivity (Wildman–Crippen MR) is 191 cm³/mol. The van der Waals surface area contributed by atoms with E-state index in [1.54, 1.807) is 0 Å². The number of rotatable bonds is 35. The number of carbonyl (C=O) groups excluding carboxylic acids is 2. The quantitative estimate of drug-likeness (QED) is 0.0549. The van der Waals surface area contributed by atoms with E-state index in [0.717, 1.165) is 129 Å². The van der Waals surface area contributed by atoms with Gasteiger partial charge in [0.2, 0.25) is 0 Å². The molecule has 1 unspecified atom stereocenters. The first-order valence-electron chi connectivity index (χ1n) is 19.7. The summed E-state index contributed by atoms with van der Waals surface area (Å²) < 4.78 is 11.7. The van der Waals surface area contributed by atoms with Crippen LogP contribution in [0.5, 0.6) is 0 Å². The molecule has 0 saturated heterocycles. The van der Waals surface area contributed by atoms with Crippen LogP contribution in [0.3, 0.4) is 0 Å². The van der Waals surface area contributed by atoms with Crippen molar-refractivity contribution in [3.63, 3.8) is 0 Å². The number of aliphatic hydroxyl groups excluding tert-OH is 1. The molecule has 0 amide bonds. The van der Waals surface area contributed by atoms with Crippen LogP contribution in [0.4, 0.5) is 0 Å². The third-order valence-electron chi connectivity index (χ3n) is 8.99.